The summed E-state index contributed by atoms with van der Waals surface area (Å²) in [6, 6.07) is 10.0. The Labute approximate surface area is 165 Å². The molecule has 0 aliphatic rings. The SMILES string of the molecule is O=C(Nc1ccc(OC(F)(F)F)cc1)Nc1ccc(-n2nccc2C(F)(F)F)cc1. The van der Waals surface area contributed by atoms with Gasteiger partial charge in [0.25, 0.3) is 0 Å². The highest BCUT2D eigenvalue weighted by atomic mass is 19.4. The second-order valence-electron chi connectivity index (χ2n) is 5.82. The Balaban J connectivity index is 1.62. The summed E-state index contributed by atoms with van der Waals surface area (Å²) in [6.45, 7) is 0. The largest absolute Gasteiger partial charge is 0.573 e. The molecule has 2 aromatic carbocycles. The lowest BCUT2D eigenvalue weighted by molar-refractivity contribution is -0.274. The molecule has 0 bridgehead atoms. The predicted molar refractivity (Wildman–Crippen MR) is 94.3 cm³/mol. The maximum Gasteiger partial charge on any atom is 0.573 e. The maximum atomic E-state index is 12.9. The number of nitrogens with one attached hydrogen (secondary N) is 2. The highest BCUT2D eigenvalue weighted by Gasteiger charge is 2.35. The smallest absolute Gasteiger partial charge is 0.406 e. The van der Waals surface area contributed by atoms with Gasteiger partial charge in [-0.25, -0.2) is 9.48 Å². The van der Waals surface area contributed by atoms with E-state index < -0.39 is 30.0 Å². The van der Waals surface area contributed by atoms with Gasteiger partial charge in [0.15, 0.2) is 0 Å². The van der Waals surface area contributed by atoms with Crippen LogP contribution in [0.25, 0.3) is 5.69 Å². The molecule has 0 unspecified atom stereocenters. The van der Waals surface area contributed by atoms with Crippen LogP contribution in [0, 0.1) is 0 Å². The van der Waals surface area contributed by atoms with Gasteiger partial charge < -0.3 is 15.4 Å². The van der Waals surface area contributed by atoms with E-state index >= 15 is 0 Å². The van der Waals surface area contributed by atoms with Gasteiger partial charge in [-0.1, -0.05) is 0 Å². The Hall–Kier alpha value is -3.70. The molecule has 0 spiro atoms. The zero-order chi connectivity index (χ0) is 21.9. The van der Waals surface area contributed by atoms with Crippen molar-refractivity contribution >= 4 is 17.4 Å². The Morgan fingerprint density at radius 1 is 0.833 bits per heavy atom. The van der Waals surface area contributed by atoms with E-state index in [2.05, 4.69) is 20.5 Å². The summed E-state index contributed by atoms with van der Waals surface area (Å²) >= 11 is 0. The molecule has 2 amide bonds. The number of halogens is 6. The van der Waals surface area contributed by atoms with Gasteiger partial charge >= 0.3 is 18.6 Å². The molecule has 158 valence electrons. The van der Waals surface area contributed by atoms with Crippen molar-refractivity contribution in [3.8, 4) is 11.4 Å². The minimum absolute atomic E-state index is 0.138. The normalized spacial score (nSPS) is 11.8. The second-order valence-corrected chi connectivity index (χ2v) is 5.82. The summed E-state index contributed by atoms with van der Waals surface area (Å²) in [6.07, 6.45) is -8.38. The van der Waals surface area contributed by atoms with E-state index in [0.717, 1.165) is 24.4 Å². The molecule has 0 saturated carbocycles. The van der Waals surface area contributed by atoms with Crippen molar-refractivity contribution in [3.63, 3.8) is 0 Å². The molecule has 1 aromatic heterocycles. The quantitative estimate of drug-likeness (QED) is 0.542. The van der Waals surface area contributed by atoms with Crippen LogP contribution in [-0.2, 0) is 6.18 Å². The molecular formula is C18H12F6N4O2. The first kappa shape index (κ1) is 21.0. The lowest BCUT2D eigenvalue weighted by Crippen LogP contribution is -2.20. The first-order valence-electron chi connectivity index (χ1n) is 8.17. The third-order valence-corrected chi connectivity index (χ3v) is 3.65. The minimum Gasteiger partial charge on any atom is -0.406 e. The summed E-state index contributed by atoms with van der Waals surface area (Å²) < 4.78 is 79.7. The van der Waals surface area contributed by atoms with Crippen molar-refractivity contribution in [2.45, 2.75) is 12.5 Å². The predicted octanol–water partition coefficient (Wildman–Crippen LogP) is 5.43. The van der Waals surface area contributed by atoms with Gasteiger partial charge in [0.2, 0.25) is 0 Å². The van der Waals surface area contributed by atoms with Crippen LogP contribution >= 0.6 is 0 Å². The van der Waals surface area contributed by atoms with E-state index in [4.69, 9.17) is 0 Å². The first-order valence-corrected chi connectivity index (χ1v) is 8.17. The number of urea groups is 1. The van der Waals surface area contributed by atoms with E-state index in [-0.39, 0.29) is 17.1 Å². The molecule has 3 rings (SSSR count). The highest BCUT2D eigenvalue weighted by molar-refractivity contribution is 5.99. The monoisotopic (exact) mass is 430 g/mol. The topological polar surface area (TPSA) is 68.2 Å². The van der Waals surface area contributed by atoms with Crippen molar-refractivity contribution in [2.75, 3.05) is 10.6 Å². The zero-order valence-corrected chi connectivity index (χ0v) is 14.8. The first-order chi connectivity index (χ1) is 14.0. The molecule has 0 fully saturated rings. The van der Waals surface area contributed by atoms with Gasteiger partial charge in [-0.05, 0) is 54.6 Å². The van der Waals surface area contributed by atoms with Crippen molar-refractivity contribution in [1.29, 1.82) is 0 Å². The Morgan fingerprint density at radius 3 is 1.87 bits per heavy atom. The molecule has 0 aliphatic heterocycles. The van der Waals surface area contributed by atoms with Gasteiger partial charge in [0, 0.05) is 11.4 Å². The molecule has 0 aliphatic carbocycles. The number of nitrogens with zero attached hydrogens (tertiary/aromatic N) is 2. The van der Waals surface area contributed by atoms with Crippen LogP contribution < -0.4 is 15.4 Å². The van der Waals surface area contributed by atoms with Gasteiger partial charge in [0.05, 0.1) is 11.9 Å². The zero-order valence-electron chi connectivity index (χ0n) is 14.8. The number of benzene rings is 2. The van der Waals surface area contributed by atoms with Gasteiger partial charge in [-0.2, -0.15) is 18.3 Å². The lowest BCUT2D eigenvalue weighted by Gasteiger charge is -2.12. The summed E-state index contributed by atoms with van der Waals surface area (Å²) in [5.74, 6) is -0.444. The van der Waals surface area contributed by atoms with E-state index in [1.54, 1.807) is 0 Å². The number of hydrogen-bond acceptors (Lipinski definition) is 3. The van der Waals surface area contributed by atoms with E-state index in [0.29, 0.717) is 4.68 Å². The third kappa shape index (κ3) is 5.43. The summed E-state index contributed by atoms with van der Waals surface area (Å²) in [4.78, 5) is 12.0. The molecule has 0 saturated heterocycles. The molecule has 0 atom stereocenters. The van der Waals surface area contributed by atoms with Gasteiger partial charge in [0.1, 0.15) is 11.4 Å². The number of carbonyl (C=O) groups is 1. The Morgan fingerprint density at radius 2 is 1.37 bits per heavy atom. The van der Waals surface area contributed by atoms with Gasteiger partial charge in [-0.3, -0.25) is 0 Å². The molecule has 30 heavy (non-hydrogen) atoms. The van der Waals surface area contributed by atoms with Crippen LogP contribution in [0.15, 0.2) is 60.8 Å². The maximum absolute atomic E-state index is 12.9. The standard InChI is InChI=1S/C18H12F6N4O2/c19-17(20,21)15-9-10-25-28(15)13-5-1-11(2-6-13)26-16(29)27-12-3-7-14(8-4-12)30-18(22,23)24/h1-10H,(H2,26,27,29). The number of alkyl halides is 6. The number of amides is 2. The van der Waals surface area contributed by atoms with Gasteiger partial charge in [-0.15, -0.1) is 13.2 Å². The van der Waals surface area contributed by atoms with Crippen LogP contribution in [-0.4, -0.2) is 22.2 Å². The van der Waals surface area contributed by atoms with Crippen LogP contribution in [0.3, 0.4) is 0 Å². The van der Waals surface area contributed by atoms with Crippen LogP contribution in [0.4, 0.5) is 42.5 Å². The Bertz CT molecular complexity index is 1010. The average Bonchev–Trinajstić information content (AvgIpc) is 3.13. The third-order valence-electron chi connectivity index (χ3n) is 3.65. The van der Waals surface area contributed by atoms with Crippen molar-refractivity contribution in [1.82, 2.24) is 9.78 Å². The van der Waals surface area contributed by atoms with Crippen molar-refractivity contribution < 1.29 is 35.9 Å². The summed E-state index contributed by atoms with van der Waals surface area (Å²) in [5, 5.41) is 8.49. The van der Waals surface area contributed by atoms with Crippen LogP contribution in [0.1, 0.15) is 5.69 Å². The minimum atomic E-state index is -4.82. The lowest BCUT2D eigenvalue weighted by atomic mass is 10.2. The number of hydrogen-bond donors (Lipinski definition) is 2. The summed E-state index contributed by atoms with van der Waals surface area (Å²) in [7, 11) is 0. The van der Waals surface area contributed by atoms with Crippen molar-refractivity contribution in [2.24, 2.45) is 0 Å². The van der Waals surface area contributed by atoms with E-state index in [1.165, 1.54) is 36.4 Å². The molecule has 0 radical (unpaired) electrons. The highest BCUT2D eigenvalue weighted by Crippen LogP contribution is 2.30. The fourth-order valence-corrected chi connectivity index (χ4v) is 2.44. The second kappa shape index (κ2) is 7.97. The van der Waals surface area contributed by atoms with Crippen LogP contribution in [0.5, 0.6) is 5.75 Å². The van der Waals surface area contributed by atoms with Crippen LogP contribution in [0.2, 0.25) is 0 Å². The van der Waals surface area contributed by atoms with Crippen molar-refractivity contribution in [3.05, 3.63) is 66.5 Å². The number of ether oxygens (including phenoxy) is 1. The number of anilines is 2. The summed E-state index contributed by atoms with van der Waals surface area (Å²) in [5.41, 5.74) is -0.337. The molecule has 6 nitrogen and oxygen atoms in total. The number of rotatable bonds is 4. The number of carbonyl (C=O) groups excluding carboxylic acids is 1. The number of aromatic nitrogens is 2. The molecule has 2 N–H and O–H groups in total. The fraction of sp³-hybridized carbons (Fsp3) is 0.111. The molecular weight excluding hydrogens is 418 g/mol. The molecule has 3 aromatic rings. The Kier molecular flexibility index (Phi) is 5.58. The van der Waals surface area contributed by atoms with E-state index in [1.807, 2.05) is 0 Å². The average molecular weight is 430 g/mol. The molecule has 12 heteroatoms. The molecule has 1 heterocycles. The fourth-order valence-electron chi connectivity index (χ4n) is 2.44. The van der Waals surface area contributed by atoms with E-state index in [9.17, 15) is 31.1 Å².